The van der Waals surface area contributed by atoms with E-state index < -0.39 is 17.7 Å². The second kappa shape index (κ2) is 7.01. The van der Waals surface area contributed by atoms with Crippen LogP contribution in [0.5, 0.6) is 11.5 Å². The zero-order valence-corrected chi connectivity index (χ0v) is 13.1. The summed E-state index contributed by atoms with van der Waals surface area (Å²) in [7, 11) is 0. The lowest BCUT2D eigenvalue weighted by Crippen LogP contribution is -2.46. The molecule has 24 heavy (non-hydrogen) atoms. The first-order valence-corrected chi connectivity index (χ1v) is 7.82. The molecule has 3 N–H and O–H groups in total. The van der Waals surface area contributed by atoms with Crippen molar-refractivity contribution in [2.24, 2.45) is 0 Å². The van der Waals surface area contributed by atoms with Crippen LogP contribution in [-0.4, -0.2) is 31.1 Å². The van der Waals surface area contributed by atoms with Gasteiger partial charge in [-0.05, 0) is 29.6 Å². The minimum absolute atomic E-state index is 0.118. The van der Waals surface area contributed by atoms with Gasteiger partial charge in [0.25, 0.3) is 17.7 Å². The maximum Gasteiger partial charge on any atom is 0.279 e. The Kier molecular flexibility index (Phi) is 4.62. The number of rotatable bonds is 4. The molecule has 3 amide bonds. The number of carbonyl (C=O) groups is 3. The summed E-state index contributed by atoms with van der Waals surface area (Å²) in [6.45, 7) is -0.162. The molecule has 9 heteroatoms. The van der Waals surface area contributed by atoms with Gasteiger partial charge in [0, 0.05) is 5.56 Å². The lowest BCUT2D eigenvalue weighted by molar-refractivity contribution is -0.120. The van der Waals surface area contributed by atoms with Crippen LogP contribution in [0.2, 0.25) is 0 Å². The van der Waals surface area contributed by atoms with Crippen LogP contribution in [0.4, 0.5) is 0 Å². The molecule has 124 valence electrons. The third-order valence-corrected chi connectivity index (χ3v) is 3.97. The summed E-state index contributed by atoms with van der Waals surface area (Å²) < 4.78 is 10.3. The summed E-state index contributed by atoms with van der Waals surface area (Å²) >= 11 is 1.25. The van der Waals surface area contributed by atoms with Crippen LogP contribution in [0.3, 0.4) is 0 Å². The van der Waals surface area contributed by atoms with Gasteiger partial charge >= 0.3 is 0 Å². The van der Waals surface area contributed by atoms with E-state index in [-0.39, 0.29) is 13.3 Å². The van der Waals surface area contributed by atoms with Crippen molar-refractivity contribution in [2.45, 2.75) is 0 Å². The maximum absolute atomic E-state index is 12.0. The summed E-state index contributed by atoms with van der Waals surface area (Å²) in [6.07, 6.45) is 0. The number of ether oxygens (including phenoxy) is 2. The van der Waals surface area contributed by atoms with Gasteiger partial charge in [0.15, 0.2) is 11.5 Å². The van der Waals surface area contributed by atoms with Gasteiger partial charge < -0.3 is 14.8 Å². The van der Waals surface area contributed by atoms with E-state index >= 15 is 0 Å². The Morgan fingerprint density at radius 3 is 2.67 bits per heavy atom. The number of hydrazine groups is 1. The Morgan fingerprint density at radius 2 is 1.88 bits per heavy atom. The van der Waals surface area contributed by atoms with E-state index in [4.69, 9.17) is 9.47 Å². The Labute approximate surface area is 140 Å². The number of nitrogens with one attached hydrogen (secondary N) is 3. The van der Waals surface area contributed by atoms with Gasteiger partial charge in [0.1, 0.15) is 0 Å². The molecule has 0 bridgehead atoms. The molecule has 0 fully saturated rings. The first-order valence-electron chi connectivity index (χ1n) is 6.94. The Bertz CT molecular complexity index is 775. The predicted molar refractivity (Wildman–Crippen MR) is 84.8 cm³/mol. The fraction of sp³-hybridized carbons (Fsp3) is 0.133. The van der Waals surface area contributed by atoms with Crippen LogP contribution in [-0.2, 0) is 4.79 Å². The standard InChI is InChI=1S/C15H13N3O5S/c19-13(17-18-15(21)12-2-1-5-24-12)7-16-14(20)9-3-4-10-11(6-9)23-8-22-10/h1-6H,7-8H2,(H,16,20)(H,17,19)(H,18,21). The summed E-state index contributed by atoms with van der Waals surface area (Å²) in [4.78, 5) is 35.8. The normalized spacial score (nSPS) is 11.7. The highest BCUT2D eigenvalue weighted by atomic mass is 32.1. The molecule has 1 aromatic carbocycles. The van der Waals surface area contributed by atoms with Crippen LogP contribution in [0.25, 0.3) is 0 Å². The molecule has 2 aromatic rings. The van der Waals surface area contributed by atoms with Crippen LogP contribution in [0.15, 0.2) is 35.7 Å². The van der Waals surface area contributed by atoms with E-state index in [0.29, 0.717) is 21.9 Å². The van der Waals surface area contributed by atoms with Crippen molar-refractivity contribution < 1.29 is 23.9 Å². The van der Waals surface area contributed by atoms with Crippen LogP contribution in [0.1, 0.15) is 20.0 Å². The fourth-order valence-corrected chi connectivity index (χ4v) is 2.56. The van der Waals surface area contributed by atoms with Gasteiger partial charge in [-0.25, -0.2) is 0 Å². The number of hydrogen-bond donors (Lipinski definition) is 3. The van der Waals surface area contributed by atoms with E-state index in [1.165, 1.54) is 17.4 Å². The smallest absolute Gasteiger partial charge is 0.279 e. The average molecular weight is 347 g/mol. The molecule has 0 saturated carbocycles. The molecule has 0 atom stereocenters. The van der Waals surface area contributed by atoms with Crippen molar-refractivity contribution in [3.8, 4) is 11.5 Å². The molecule has 1 aliphatic heterocycles. The van der Waals surface area contributed by atoms with Crippen LogP contribution >= 0.6 is 11.3 Å². The molecule has 1 aliphatic rings. The molecule has 3 rings (SSSR count). The van der Waals surface area contributed by atoms with Crippen molar-refractivity contribution in [3.63, 3.8) is 0 Å². The topological polar surface area (TPSA) is 106 Å². The van der Waals surface area contributed by atoms with Crippen molar-refractivity contribution in [3.05, 3.63) is 46.2 Å². The van der Waals surface area contributed by atoms with Crippen LogP contribution in [0, 0.1) is 0 Å². The predicted octanol–water partition coefficient (Wildman–Crippen LogP) is 0.668. The first kappa shape index (κ1) is 15.8. The number of thiophene rings is 1. The van der Waals surface area contributed by atoms with E-state index in [1.807, 2.05) is 0 Å². The molecule has 0 aliphatic carbocycles. The highest BCUT2D eigenvalue weighted by molar-refractivity contribution is 7.12. The van der Waals surface area contributed by atoms with Gasteiger partial charge in [-0.15, -0.1) is 11.3 Å². The minimum Gasteiger partial charge on any atom is -0.454 e. The van der Waals surface area contributed by atoms with Crippen molar-refractivity contribution >= 4 is 29.1 Å². The summed E-state index contributed by atoms with van der Waals surface area (Å²) in [5.74, 6) is -0.349. The lowest BCUT2D eigenvalue weighted by Gasteiger charge is -2.08. The molecular formula is C15H13N3O5S. The Balaban J connectivity index is 1.45. The summed E-state index contributed by atoms with van der Waals surface area (Å²) in [5.41, 5.74) is 4.84. The number of benzene rings is 1. The molecule has 0 spiro atoms. The molecule has 0 saturated heterocycles. The average Bonchev–Trinajstić information content (AvgIpc) is 3.27. The zero-order chi connectivity index (χ0) is 16.9. The first-order chi connectivity index (χ1) is 11.6. The van der Waals surface area contributed by atoms with E-state index in [0.717, 1.165) is 0 Å². The number of amides is 3. The van der Waals surface area contributed by atoms with Gasteiger partial charge in [-0.1, -0.05) is 6.07 Å². The molecule has 0 unspecified atom stereocenters. The zero-order valence-electron chi connectivity index (χ0n) is 12.3. The third-order valence-electron chi connectivity index (χ3n) is 3.10. The molecule has 1 aromatic heterocycles. The quantitative estimate of drug-likeness (QED) is 0.705. The van der Waals surface area contributed by atoms with E-state index in [1.54, 1.807) is 29.6 Å². The number of carbonyl (C=O) groups excluding carboxylic acids is 3. The van der Waals surface area contributed by atoms with Crippen LogP contribution < -0.4 is 25.6 Å². The van der Waals surface area contributed by atoms with Crippen molar-refractivity contribution in [1.82, 2.24) is 16.2 Å². The second-order valence-corrected chi connectivity index (χ2v) is 5.68. The highest BCUT2D eigenvalue weighted by Gasteiger charge is 2.16. The number of fused-ring (bicyclic) bond motifs is 1. The highest BCUT2D eigenvalue weighted by Crippen LogP contribution is 2.32. The Hall–Kier alpha value is -3.07. The molecule has 2 heterocycles. The van der Waals surface area contributed by atoms with Crippen molar-refractivity contribution in [1.29, 1.82) is 0 Å². The lowest BCUT2D eigenvalue weighted by atomic mass is 10.2. The third kappa shape index (κ3) is 3.63. The summed E-state index contributed by atoms with van der Waals surface area (Å²) in [6, 6.07) is 8.09. The van der Waals surface area contributed by atoms with E-state index in [2.05, 4.69) is 16.2 Å². The van der Waals surface area contributed by atoms with Gasteiger partial charge in [-0.3, -0.25) is 25.2 Å². The molecular weight excluding hydrogens is 334 g/mol. The van der Waals surface area contributed by atoms with Gasteiger partial charge in [-0.2, -0.15) is 0 Å². The van der Waals surface area contributed by atoms with E-state index in [9.17, 15) is 14.4 Å². The molecule has 8 nitrogen and oxygen atoms in total. The largest absolute Gasteiger partial charge is 0.454 e. The SMILES string of the molecule is O=C(CNC(=O)c1ccc2c(c1)OCO2)NNC(=O)c1cccs1. The second-order valence-electron chi connectivity index (χ2n) is 4.73. The maximum atomic E-state index is 12.0. The Morgan fingerprint density at radius 1 is 1.04 bits per heavy atom. The van der Waals surface area contributed by atoms with Gasteiger partial charge in [0.2, 0.25) is 6.79 Å². The monoisotopic (exact) mass is 347 g/mol. The fourth-order valence-electron chi connectivity index (χ4n) is 1.94. The summed E-state index contributed by atoms with van der Waals surface area (Å²) in [5, 5.41) is 4.20. The molecule has 0 radical (unpaired) electrons. The van der Waals surface area contributed by atoms with Crippen molar-refractivity contribution in [2.75, 3.05) is 13.3 Å². The van der Waals surface area contributed by atoms with Gasteiger partial charge in [0.05, 0.1) is 11.4 Å². The minimum atomic E-state index is -0.547. The number of hydrogen-bond acceptors (Lipinski definition) is 6.